The standard InChI is InChI=1S/C10H10N4O/c1-6-7(2)13-10-8(12-6)4-9(11-5-15)14(10)3/h4H,1-3H3. The lowest BCUT2D eigenvalue weighted by atomic mass is 10.3. The van der Waals surface area contributed by atoms with E-state index < -0.39 is 0 Å². The second-order valence-electron chi connectivity index (χ2n) is 3.37. The molecule has 0 N–H and O–H groups in total. The zero-order valence-corrected chi connectivity index (χ0v) is 8.77. The summed E-state index contributed by atoms with van der Waals surface area (Å²) in [5.74, 6) is 0.519. The third-order valence-electron chi connectivity index (χ3n) is 2.40. The van der Waals surface area contributed by atoms with Crippen molar-refractivity contribution in [2.45, 2.75) is 13.8 Å². The molecular weight excluding hydrogens is 192 g/mol. The summed E-state index contributed by atoms with van der Waals surface area (Å²) in [6.07, 6.45) is 1.51. The summed E-state index contributed by atoms with van der Waals surface area (Å²) in [5.41, 5.74) is 3.24. The number of hydrogen-bond donors (Lipinski definition) is 0. The van der Waals surface area contributed by atoms with Crippen molar-refractivity contribution in [1.29, 1.82) is 0 Å². The maximum Gasteiger partial charge on any atom is 0.242 e. The third kappa shape index (κ3) is 1.43. The average molecular weight is 202 g/mol. The van der Waals surface area contributed by atoms with Gasteiger partial charge in [0.15, 0.2) is 5.65 Å². The lowest BCUT2D eigenvalue weighted by molar-refractivity contribution is 0.565. The van der Waals surface area contributed by atoms with Crippen LogP contribution in [0.1, 0.15) is 11.4 Å². The van der Waals surface area contributed by atoms with Gasteiger partial charge in [0.05, 0.1) is 11.4 Å². The van der Waals surface area contributed by atoms with E-state index in [1.807, 2.05) is 13.8 Å². The molecular formula is C10H10N4O. The average Bonchev–Trinajstić information content (AvgIpc) is 2.47. The molecule has 0 aliphatic carbocycles. The molecule has 2 aromatic rings. The van der Waals surface area contributed by atoms with Crippen molar-refractivity contribution >= 4 is 23.1 Å². The van der Waals surface area contributed by atoms with Crippen LogP contribution in [-0.4, -0.2) is 20.6 Å². The van der Waals surface area contributed by atoms with Crippen LogP contribution < -0.4 is 0 Å². The molecule has 5 nitrogen and oxygen atoms in total. The van der Waals surface area contributed by atoms with Crippen molar-refractivity contribution in [2.24, 2.45) is 12.0 Å². The molecule has 0 saturated heterocycles. The van der Waals surface area contributed by atoms with Gasteiger partial charge >= 0.3 is 0 Å². The molecule has 5 heteroatoms. The summed E-state index contributed by atoms with van der Waals surface area (Å²) in [5, 5.41) is 0. The fraction of sp³-hybridized carbons (Fsp3) is 0.300. The summed E-state index contributed by atoms with van der Waals surface area (Å²) < 4.78 is 1.72. The Morgan fingerprint density at radius 3 is 2.67 bits per heavy atom. The molecule has 0 aromatic carbocycles. The summed E-state index contributed by atoms with van der Waals surface area (Å²) in [7, 11) is 1.79. The minimum atomic E-state index is 0.519. The van der Waals surface area contributed by atoms with Gasteiger partial charge in [-0.05, 0) is 13.8 Å². The Hall–Kier alpha value is -2.00. The quantitative estimate of drug-likeness (QED) is 0.520. The molecule has 2 rings (SSSR count). The minimum absolute atomic E-state index is 0.519. The molecule has 0 bridgehead atoms. The largest absolute Gasteiger partial charge is 0.312 e. The summed E-state index contributed by atoms with van der Waals surface area (Å²) in [6.45, 7) is 3.80. The van der Waals surface area contributed by atoms with Gasteiger partial charge in [0.25, 0.3) is 0 Å². The van der Waals surface area contributed by atoms with Gasteiger partial charge in [0, 0.05) is 13.1 Å². The van der Waals surface area contributed by atoms with Gasteiger partial charge in [-0.15, -0.1) is 4.99 Å². The van der Waals surface area contributed by atoms with E-state index in [1.165, 1.54) is 6.08 Å². The highest BCUT2D eigenvalue weighted by atomic mass is 16.1. The van der Waals surface area contributed by atoms with E-state index in [0.29, 0.717) is 5.82 Å². The molecule has 0 spiro atoms. The van der Waals surface area contributed by atoms with E-state index in [1.54, 1.807) is 17.7 Å². The fourth-order valence-electron chi connectivity index (χ4n) is 1.43. The van der Waals surface area contributed by atoms with Crippen molar-refractivity contribution in [1.82, 2.24) is 14.5 Å². The first-order valence-electron chi connectivity index (χ1n) is 4.52. The molecule has 76 valence electrons. The Morgan fingerprint density at radius 2 is 2.00 bits per heavy atom. The fourth-order valence-corrected chi connectivity index (χ4v) is 1.43. The number of hydrogen-bond acceptors (Lipinski definition) is 4. The van der Waals surface area contributed by atoms with Gasteiger partial charge in [-0.1, -0.05) is 0 Å². The first kappa shape index (κ1) is 9.55. The van der Waals surface area contributed by atoms with Gasteiger partial charge in [-0.3, -0.25) is 0 Å². The van der Waals surface area contributed by atoms with Gasteiger partial charge in [-0.2, -0.15) is 0 Å². The Balaban J connectivity index is 2.82. The third-order valence-corrected chi connectivity index (χ3v) is 2.40. The maximum atomic E-state index is 10.2. The lowest BCUT2D eigenvalue weighted by Crippen LogP contribution is -1.95. The molecule has 15 heavy (non-hydrogen) atoms. The number of isocyanates is 1. The number of fused-ring (bicyclic) bond motifs is 1. The van der Waals surface area contributed by atoms with Crippen LogP contribution >= 0.6 is 0 Å². The SMILES string of the molecule is Cc1nc2cc(N=C=O)n(C)c2nc1C. The van der Waals surface area contributed by atoms with Gasteiger partial charge in [0.1, 0.15) is 11.3 Å². The number of carbonyl (C=O) groups excluding carboxylic acids is 1. The van der Waals surface area contributed by atoms with Crippen molar-refractivity contribution in [3.63, 3.8) is 0 Å². The molecule has 0 aliphatic rings. The summed E-state index contributed by atoms with van der Waals surface area (Å²) in [4.78, 5) is 22.5. The van der Waals surface area contributed by atoms with Gasteiger partial charge in [-0.25, -0.2) is 14.8 Å². The minimum Gasteiger partial charge on any atom is -0.312 e. The maximum absolute atomic E-state index is 10.2. The molecule has 0 radical (unpaired) electrons. The summed E-state index contributed by atoms with van der Waals surface area (Å²) in [6, 6.07) is 1.72. The highest BCUT2D eigenvalue weighted by Gasteiger charge is 2.09. The van der Waals surface area contributed by atoms with E-state index >= 15 is 0 Å². The first-order chi connectivity index (χ1) is 7.13. The van der Waals surface area contributed by atoms with Gasteiger partial charge < -0.3 is 4.57 Å². The monoisotopic (exact) mass is 202 g/mol. The molecule has 2 aromatic heterocycles. The second-order valence-corrected chi connectivity index (χ2v) is 3.37. The molecule has 0 saturated carbocycles. The highest BCUT2D eigenvalue weighted by Crippen LogP contribution is 2.21. The van der Waals surface area contributed by atoms with Crippen molar-refractivity contribution < 1.29 is 4.79 Å². The highest BCUT2D eigenvalue weighted by molar-refractivity contribution is 5.77. The van der Waals surface area contributed by atoms with Crippen molar-refractivity contribution in [2.75, 3.05) is 0 Å². The van der Waals surface area contributed by atoms with Gasteiger partial charge in [0.2, 0.25) is 6.08 Å². The van der Waals surface area contributed by atoms with Crippen LogP contribution in [0.4, 0.5) is 5.82 Å². The molecule has 0 aliphatic heterocycles. The number of aryl methyl sites for hydroxylation is 3. The normalized spacial score (nSPS) is 10.3. The van der Waals surface area contributed by atoms with E-state index in [-0.39, 0.29) is 0 Å². The zero-order valence-electron chi connectivity index (χ0n) is 8.77. The molecule has 0 atom stereocenters. The second kappa shape index (κ2) is 3.29. The summed E-state index contributed by atoms with van der Waals surface area (Å²) >= 11 is 0. The van der Waals surface area contributed by atoms with E-state index in [0.717, 1.165) is 22.6 Å². The van der Waals surface area contributed by atoms with E-state index in [2.05, 4.69) is 15.0 Å². The lowest BCUT2D eigenvalue weighted by Gasteiger charge is -2.00. The van der Waals surface area contributed by atoms with E-state index in [4.69, 9.17) is 0 Å². The van der Waals surface area contributed by atoms with Crippen LogP contribution in [0.25, 0.3) is 11.2 Å². The van der Waals surface area contributed by atoms with Crippen LogP contribution in [-0.2, 0) is 11.8 Å². The van der Waals surface area contributed by atoms with Crippen LogP contribution in [0.5, 0.6) is 0 Å². The predicted octanol–water partition coefficient (Wildman–Crippen LogP) is 1.55. The van der Waals surface area contributed by atoms with Crippen LogP contribution in [0.15, 0.2) is 11.1 Å². The Bertz CT molecular complexity index is 579. The molecule has 0 amide bonds. The number of rotatable bonds is 1. The molecule has 0 unspecified atom stereocenters. The first-order valence-corrected chi connectivity index (χ1v) is 4.52. The number of aliphatic imine (C=N–C) groups is 1. The smallest absolute Gasteiger partial charge is 0.242 e. The van der Waals surface area contributed by atoms with Crippen molar-refractivity contribution in [3.05, 3.63) is 17.5 Å². The Kier molecular flexibility index (Phi) is 2.10. The number of nitrogens with zero attached hydrogens (tertiary/aromatic N) is 4. The van der Waals surface area contributed by atoms with Crippen LogP contribution in [0.3, 0.4) is 0 Å². The molecule has 2 heterocycles. The number of aromatic nitrogens is 3. The zero-order chi connectivity index (χ0) is 11.0. The Labute approximate surface area is 86.5 Å². The van der Waals surface area contributed by atoms with E-state index in [9.17, 15) is 4.79 Å². The molecule has 0 fully saturated rings. The Morgan fingerprint density at radius 1 is 1.33 bits per heavy atom. The predicted molar refractivity (Wildman–Crippen MR) is 55.8 cm³/mol. The van der Waals surface area contributed by atoms with Crippen LogP contribution in [0.2, 0.25) is 0 Å². The van der Waals surface area contributed by atoms with Crippen molar-refractivity contribution in [3.8, 4) is 0 Å². The van der Waals surface area contributed by atoms with Crippen LogP contribution in [0, 0.1) is 13.8 Å². The topological polar surface area (TPSA) is 60.1 Å².